The zero-order valence-corrected chi connectivity index (χ0v) is 15.3. The molecule has 2 atom stereocenters. The second-order valence-corrected chi connectivity index (χ2v) is 7.09. The van der Waals surface area contributed by atoms with Crippen molar-refractivity contribution in [2.75, 3.05) is 32.6 Å². The van der Waals surface area contributed by atoms with E-state index in [1.807, 2.05) is 13.0 Å². The maximum absolute atomic E-state index is 12.6. The monoisotopic (exact) mass is 335 g/mol. The van der Waals surface area contributed by atoms with Gasteiger partial charge < -0.3 is 20.5 Å². The summed E-state index contributed by atoms with van der Waals surface area (Å²) in [6.07, 6.45) is 0.904. The van der Waals surface area contributed by atoms with Gasteiger partial charge in [0.1, 0.15) is 0 Å². The number of nitrogens with two attached hydrogens (primary N) is 1. The first-order valence-corrected chi connectivity index (χ1v) is 8.31. The number of benzene rings is 1. The lowest BCUT2D eigenvalue weighted by Crippen LogP contribution is -2.56. The Morgan fingerprint density at radius 1 is 1.33 bits per heavy atom. The molecule has 1 aromatic rings. The van der Waals surface area contributed by atoms with Crippen LogP contribution in [0, 0.1) is 5.41 Å². The summed E-state index contributed by atoms with van der Waals surface area (Å²) in [7, 11) is 3.16. The Bertz CT molecular complexity index is 589. The van der Waals surface area contributed by atoms with Crippen LogP contribution in [0.2, 0.25) is 0 Å². The van der Waals surface area contributed by atoms with Gasteiger partial charge in [-0.05, 0) is 30.9 Å². The zero-order valence-electron chi connectivity index (χ0n) is 15.3. The van der Waals surface area contributed by atoms with Crippen molar-refractivity contribution in [3.8, 4) is 11.5 Å². The Morgan fingerprint density at radius 3 is 2.58 bits per heavy atom. The third-order valence-electron chi connectivity index (χ3n) is 4.92. The third-order valence-corrected chi connectivity index (χ3v) is 4.92. The van der Waals surface area contributed by atoms with E-state index in [1.54, 1.807) is 26.4 Å². The molecule has 0 radical (unpaired) electrons. The fourth-order valence-electron chi connectivity index (χ4n) is 3.07. The summed E-state index contributed by atoms with van der Waals surface area (Å²) in [6.45, 7) is 7.90. The molecule has 1 saturated heterocycles. The van der Waals surface area contributed by atoms with Crippen LogP contribution in [0.4, 0.5) is 5.69 Å². The van der Waals surface area contributed by atoms with Gasteiger partial charge in [0.25, 0.3) is 0 Å². The number of amides is 1. The minimum absolute atomic E-state index is 0.0100. The molecule has 1 aliphatic rings. The summed E-state index contributed by atoms with van der Waals surface area (Å²) in [6, 6.07) is 5.31. The van der Waals surface area contributed by atoms with Crippen LogP contribution >= 0.6 is 0 Å². The number of ether oxygens (including phenoxy) is 2. The average Bonchev–Trinajstić information content (AvgIpc) is 2.56. The maximum atomic E-state index is 12.6. The predicted octanol–water partition coefficient (Wildman–Crippen LogP) is 2.09. The van der Waals surface area contributed by atoms with Crippen molar-refractivity contribution in [1.82, 2.24) is 4.90 Å². The molecule has 1 fully saturated rings. The average molecular weight is 335 g/mol. The molecule has 1 aliphatic heterocycles. The SMILES string of the molecule is COc1ccc(NC(=O)C(C)N2CCC(N)C(C)(C)C2)cc1OC. The van der Waals surface area contributed by atoms with E-state index in [-0.39, 0.29) is 23.4 Å². The molecule has 2 rings (SSSR count). The van der Waals surface area contributed by atoms with Gasteiger partial charge in [-0.15, -0.1) is 0 Å². The maximum Gasteiger partial charge on any atom is 0.241 e. The van der Waals surface area contributed by atoms with E-state index in [0.717, 1.165) is 19.5 Å². The van der Waals surface area contributed by atoms with E-state index in [1.165, 1.54) is 0 Å². The summed E-state index contributed by atoms with van der Waals surface area (Å²) in [5.41, 5.74) is 6.88. The number of piperidine rings is 1. The molecule has 0 bridgehead atoms. The molecule has 1 aromatic carbocycles. The Labute approximate surface area is 144 Å². The van der Waals surface area contributed by atoms with Gasteiger partial charge in [-0.1, -0.05) is 13.8 Å². The number of rotatable bonds is 5. The van der Waals surface area contributed by atoms with Crippen molar-refractivity contribution >= 4 is 11.6 Å². The molecule has 2 unspecified atom stereocenters. The van der Waals surface area contributed by atoms with Crippen LogP contribution in [0.5, 0.6) is 11.5 Å². The molecule has 0 aliphatic carbocycles. The van der Waals surface area contributed by atoms with E-state index < -0.39 is 0 Å². The van der Waals surface area contributed by atoms with Gasteiger partial charge in [0.05, 0.1) is 20.3 Å². The van der Waals surface area contributed by atoms with Gasteiger partial charge in [0.2, 0.25) is 5.91 Å². The van der Waals surface area contributed by atoms with E-state index in [0.29, 0.717) is 17.2 Å². The molecule has 134 valence electrons. The van der Waals surface area contributed by atoms with Crippen LogP contribution < -0.4 is 20.5 Å². The molecular formula is C18H29N3O3. The number of hydrogen-bond acceptors (Lipinski definition) is 5. The fraction of sp³-hybridized carbons (Fsp3) is 0.611. The molecule has 3 N–H and O–H groups in total. The number of anilines is 1. The minimum Gasteiger partial charge on any atom is -0.493 e. The molecule has 6 heteroatoms. The summed E-state index contributed by atoms with van der Waals surface area (Å²) < 4.78 is 10.5. The van der Waals surface area contributed by atoms with E-state index in [9.17, 15) is 4.79 Å². The lowest BCUT2D eigenvalue weighted by Gasteiger charge is -2.44. The summed E-state index contributed by atoms with van der Waals surface area (Å²) in [4.78, 5) is 14.8. The molecular weight excluding hydrogens is 306 g/mol. The lowest BCUT2D eigenvalue weighted by atomic mass is 9.79. The topological polar surface area (TPSA) is 76.8 Å². The number of carbonyl (C=O) groups excluding carboxylic acids is 1. The van der Waals surface area contributed by atoms with Crippen molar-refractivity contribution in [1.29, 1.82) is 0 Å². The van der Waals surface area contributed by atoms with E-state index in [4.69, 9.17) is 15.2 Å². The van der Waals surface area contributed by atoms with Gasteiger partial charge in [-0.3, -0.25) is 9.69 Å². The van der Waals surface area contributed by atoms with Crippen LogP contribution in [0.1, 0.15) is 27.2 Å². The van der Waals surface area contributed by atoms with Crippen molar-refractivity contribution in [2.45, 2.75) is 39.3 Å². The number of nitrogens with one attached hydrogen (secondary N) is 1. The number of hydrogen-bond donors (Lipinski definition) is 2. The highest BCUT2D eigenvalue weighted by atomic mass is 16.5. The smallest absolute Gasteiger partial charge is 0.241 e. The Hall–Kier alpha value is -1.79. The van der Waals surface area contributed by atoms with Gasteiger partial charge in [0, 0.05) is 30.9 Å². The summed E-state index contributed by atoms with van der Waals surface area (Å²) >= 11 is 0. The quantitative estimate of drug-likeness (QED) is 0.862. The Balaban J connectivity index is 2.04. The highest BCUT2D eigenvalue weighted by Gasteiger charge is 2.36. The standard InChI is InChI=1S/C18H29N3O3/c1-12(21-9-8-16(19)18(2,3)11-21)17(22)20-13-6-7-14(23-4)15(10-13)24-5/h6-7,10,12,16H,8-9,11,19H2,1-5H3,(H,20,22). The Morgan fingerprint density at radius 2 is 2.00 bits per heavy atom. The van der Waals surface area contributed by atoms with Gasteiger partial charge in [-0.25, -0.2) is 0 Å². The molecule has 0 aromatic heterocycles. The second kappa shape index (κ2) is 7.40. The first kappa shape index (κ1) is 18.5. The summed E-state index contributed by atoms with van der Waals surface area (Å²) in [5.74, 6) is 1.19. The highest BCUT2D eigenvalue weighted by Crippen LogP contribution is 2.31. The van der Waals surface area contributed by atoms with Crippen molar-refractivity contribution in [3.05, 3.63) is 18.2 Å². The van der Waals surface area contributed by atoms with Crippen molar-refractivity contribution in [2.24, 2.45) is 11.1 Å². The summed E-state index contributed by atoms with van der Waals surface area (Å²) in [5, 5.41) is 2.96. The second-order valence-electron chi connectivity index (χ2n) is 7.09. The van der Waals surface area contributed by atoms with Crippen LogP contribution in [-0.4, -0.2) is 50.2 Å². The zero-order chi connectivity index (χ0) is 17.9. The largest absolute Gasteiger partial charge is 0.493 e. The van der Waals surface area contributed by atoms with E-state index in [2.05, 4.69) is 24.1 Å². The fourth-order valence-corrected chi connectivity index (χ4v) is 3.07. The van der Waals surface area contributed by atoms with E-state index >= 15 is 0 Å². The number of carbonyl (C=O) groups is 1. The molecule has 24 heavy (non-hydrogen) atoms. The van der Waals surface area contributed by atoms with Gasteiger partial charge >= 0.3 is 0 Å². The highest BCUT2D eigenvalue weighted by molar-refractivity contribution is 5.94. The van der Waals surface area contributed by atoms with Crippen LogP contribution in [0.15, 0.2) is 18.2 Å². The normalized spacial score (nSPS) is 21.8. The molecule has 0 spiro atoms. The first-order valence-electron chi connectivity index (χ1n) is 8.31. The first-order chi connectivity index (χ1) is 11.3. The van der Waals surface area contributed by atoms with Crippen LogP contribution in [0.25, 0.3) is 0 Å². The van der Waals surface area contributed by atoms with Crippen LogP contribution in [0.3, 0.4) is 0 Å². The van der Waals surface area contributed by atoms with Crippen LogP contribution in [-0.2, 0) is 4.79 Å². The minimum atomic E-state index is -0.218. The molecule has 6 nitrogen and oxygen atoms in total. The molecule has 1 amide bonds. The lowest BCUT2D eigenvalue weighted by molar-refractivity contribution is -0.122. The number of nitrogens with zero attached hydrogens (tertiary/aromatic N) is 1. The molecule has 0 saturated carbocycles. The molecule has 1 heterocycles. The van der Waals surface area contributed by atoms with Gasteiger partial charge in [0.15, 0.2) is 11.5 Å². The van der Waals surface area contributed by atoms with Crippen molar-refractivity contribution < 1.29 is 14.3 Å². The number of methoxy groups -OCH3 is 2. The number of likely N-dealkylation sites (tertiary alicyclic amines) is 1. The third kappa shape index (κ3) is 3.99. The predicted molar refractivity (Wildman–Crippen MR) is 95.6 cm³/mol. The Kier molecular flexibility index (Phi) is 5.72. The van der Waals surface area contributed by atoms with Gasteiger partial charge in [-0.2, -0.15) is 0 Å². The van der Waals surface area contributed by atoms with Crippen molar-refractivity contribution in [3.63, 3.8) is 0 Å².